The van der Waals surface area contributed by atoms with Crippen LogP contribution in [0, 0.1) is 0 Å². The van der Waals surface area contributed by atoms with Crippen LogP contribution in [0.5, 0.6) is 0 Å². The van der Waals surface area contributed by atoms with Gasteiger partial charge in [0.25, 0.3) is 0 Å². The van der Waals surface area contributed by atoms with Gasteiger partial charge in [-0.15, -0.1) is 0 Å². The van der Waals surface area contributed by atoms with Crippen LogP contribution in [0.4, 0.5) is 0 Å². The summed E-state index contributed by atoms with van der Waals surface area (Å²) in [5.74, 6) is 0. The molecule has 0 saturated heterocycles. The van der Waals surface area contributed by atoms with Gasteiger partial charge in [0.05, 0.1) is 22.2 Å². The maximum atomic E-state index is 5.30. The molecule has 0 N–H and O–H groups in total. The zero-order valence-electron chi connectivity index (χ0n) is 21.5. The lowest BCUT2D eigenvalue weighted by atomic mass is 9.91. The fraction of sp³-hybridized carbons (Fsp3) is 0. The molecule has 0 radical (unpaired) electrons. The molecule has 0 aliphatic carbocycles. The first-order chi connectivity index (χ1) is 19.8. The Morgan fingerprint density at radius 2 is 1.07 bits per heavy atom. The van der Waals surface area contributed by atoms with Crippen molar-refractivity contribution in [1.82, 2.24) is 15.0 Å². The average molecular weight is 508 g/mol. The topological polar surface area (TPSA) is 38.7 Å². The first kappa shape index (κ1) is 21.5. The highest BCUT2D eigenvalue weighted by Crippen LogP contribution is 2.41. The zero-order valence-corrected chi connectivity index (χ0v) is 21.5. The maximum Gasteiger partial charge on any atom is 0.0971 e. The van der Waals surface area contributed by atoms with Crippen molar-refractivity contribution in [3.05, 3.63) is 128 Å². The number of benzene rings is 6. The van der Waals surface area contributed by atoms with Crippen molar-refractivity contribution in [2.24, 2.45) is 0 Å². The molecule has 184 valence electrons. The molecule has 3 aromatic heterocycles. The normalized spacial score (nSPS) is 12.0. The second-order valence-corrected chi connectivity index (χ2v) is 10.4. The SMILES string of the molecule is c1cnc2c(c1)ccc1c2ncc2c3ccccc3nc(-c3ccc4c5ccccc5c5ccccc5c4c3)c21. The summed E-state index contributed by atoms with van der Waals surface area (Å²) in [6, 6.07) is 41.0. The fourth-order valence-electron chi connectivity index (χ4n) is 6.50. The molecule has 3 heterocycles. The molecule has 0 amide bonds. The minimum atomic E-state index is 0.904. The number of hydrogen-bond acceptors (Lipinski definition) is 3. The van der Waals surface area contributed by atoms with Gasteiger partial charge in [0.15, 0.2) is 0 Å². The third-order valence-electron chi connectivity index (χ3n) is 8.29. The summed E-state index contributed by atoms with van der Waals surface area (Å²) in [6.45, 7) is 0. The Labute approximate surface area is 229 Å². The third kappa shape index (κ3) is 2.92. The minimum Gasteiger partial charge on any atom is -0.254 e. The van der Waals surface area contributed by atoms with E-state index in [0.29, 0.717) is 0 Å². The van der Waals surface area contributed by atoms with E-state index in [9.17, 15) is 0 Å². The molecule has 0 bridgehead atoms. The van der Waals surface area contributed by atoms with Gasteiger partial charge in [-0.2, -0.15) is 0 Å². The summed E-state index contributed by atoms with van der Waals surface area (Å²) in [4.78, 5) is 15.0. The molecule has 0 aliphatic heterocycles. The van der Waals surface area contributed by atoms with Crippen LogP contribution in [-0.4, -0.2) is 15.0 Å². The van der Waals surface area contributed by atoms with Crippen molar-refractivity contribution in [1.29, 1.82) is 0 Å². The summed E-state index contributed by atoms with van der Waals surface area (Å²) in [7, 11) is 0. The van der Waals surface area contributed by atoms with Crippen molar-refractivity contribution in [2.75, 3.05) is 0 Å². The predicted molar refractivity (Wildman–Crippen MR) is 168 cm³/mol. The molecule has 40 heavy (non-hydrogen) atoms. The molecule has 9 rings (SSSR count). The summed E-state index contributed by atoms with van der Waals surface area (Å²) in [5.41, 5.74) is 4.85. The van der Waals surface area contributed by atoms with Gasteiger partial charge < -0.3 is 0 Å². The van der Waals surface area contributed by atoms with Crippen molar-refractivity contribution in [3.63, 3.8) is 0 Å². The van der Waals surface area contributed by atoms with Gasteiger partial charge in [-0.05, 0) is 50.5 Å². The van der Waals surface area contributed by atoms with Crippen LogP contribution in [0.15, 0.2) is 128 Å². The second-order valence-electron chi connectivity index (χ2n) is 10.4. The zero-order chi connectivity index (χ0) is 26.2. The molecular weight excluding hydrogens is 486 g/mol. The average Bonchev–Trinajstić information content (AvgIpc) is 3.04. The van der Waals surface area contributed by atoms with Crippen LogP contribution in [-0.2, 0) is 0 Å². The summed E-state index contributed by atoms with van der Waals surface area (Å²) < 4.78 is 0. The molecule has 0 spiro atoms. The molecule has 6 aromatic carbocycles. The Kier molecular flexibility index (Phi) is 4.33. The standard InChI is InChI=1S/C37H21N3/c1-2-11-26-24(9-1)25-10-3-4-12-27(25)31-20-23(16-17-28(26)31)35-34-30-18-15-22-8-7-19-38-36(22)37(30)39-21-32(34)29-13-5-6-14-33(29)40-35/h1-21H. The van der Waals surface area contributed by atoms with Gasteiger partial charge in [-0.3, -0.25) is 9.97 Å². The molecule has 3 nitrogen and oxygen atoms in total. The molecule has 3 heteroatoms. The van der Waals surface area contributed by atoms with E-state index in [1.54, 1.807) is 0 Å². The van der Waals surface area contributed by atoms with Crippen LogP contribution in [0.1, 0.15) is 0 Å². The van der Waals surface area contributed by atoms with E-state index < -0.39 is 0 Å². The Bertz CT molecular complexity index is 2460. The smallest absolute Gasteiger partial charge is 0.0971 e. The highest BCUT2D eigenvalue weighted by Gasteiger charge is 2.17. The van der Waals surface area contributed by atoms with Gasteiger partial charge in [0.2, 0.25) is 0 Å². The van der Waals surface area contributed by atoms with Crippen LogP contribution >= 0.6 is 0 Å². The van der Waals surface area contributed by atoms with Crippen molar-refractivity contribution in [2.45, 2.75) is 0 Å². The van der Waals surface area contributed by atoms with Crippen LogP contribution in [0.2, 0.25) is 0 Å². The lowest BCUT2D eigenvalue weighted by Crippen LogP contribution is -1.94. The van der Waals surface area contributed by atoms with Crippen LogP contribution in [0.3, 0.4) is 0 Å². The van der Waals surface area contributed by atoms with Gasteiger partial charge in [0, 0.05) is 44.9 Å². The number of rotatable bonds is 1. The van der Waals surface area contributed by atoms with Crippen molar-refractivity contribution >= 4 is 75.8 Å². The highest BCUT2D eigenvalue weighted by atomic mass is 14.7. The Morgan fingerprint density at radius 3 is 1.85 bits per heavy atom. The number of para-hydroxylation sites is 1. The lowest BCUT2D eigenvalue weighted by molar-refractivity contribution is 1.38. The minimum absolute atomic E-state index is 0.904. The second kappa shape index (κ2) is 8.05. The number of fused-ring (bicyclic) bond motifs is 13. The number of nitrogens with zero attached hydrogens (tertiary/aromatic N) is 3. The quantitative estimate of drug-likeness (QED) is 0.208. The lowest BCUT2D eigenvalue weighted by Gasteiger charge is -2.15. The van der Waals surface area contributed by atoms with E-state index in [4.69, 9.17) is 15.0 Å². The van der Waals surface area contributed by atoms with E-state index >= 15 is 0 Å². The fourth-order valence-corrected chi connectivity index (χ4v) is 6.50. The van der Waals surface area contributed by atoms with Crippen molar-refractivity contribution < 1.29 is 0 Å². The third-order valence-corrected chi connectivity index (χ3v) is 8.29. The number of pyridine rings is 3. The molecule has 0 fully saturated rings. The van der Waals surface area contributed by atoms with E-state index in [1.807, 2.05) is 18.5 Å². The van der Waals surface area contributed by atoms with Crippen molar-refractivity contribution in [3.8, 4) is 11.3 Å². The molecule has 0 aliphatic rings. The van der Waals surface area contributed by atoms with Crippen LogP contribution in [0.25, 0.3) is 87.1 Å². The summed E-state index contributed by atoms with van der Waals surface area (Å²) in [6.07, 6.45) is 3.84. The van der Waals surface area contributed by atoms with Gasteiger partial charge in [0.1, 0.15) is 0 Å². The van der Waals surface area contributed by atoms with Gasteiger partial charge in [-0.25, -0.2) is 4.98 Å². The van der Waals surface area contributed by atoms with Gasteiger partial charge >= 0.3 is 0 Å². The maximum absolute atomic E-state index is 5.30. The molecule has 9 aromatic rings. The Balaban J connectivity index is 1.46. The number of aromatic nitrogens is 3. The van der Waals surface area contributed by atoms with Crippen LogP contribution < -0.4 is 0 Å². The molecule has 0 atom stereocenters. The first-order valence-electron chi connectivity index (χ1n) is 13.5. The van der Waals surface area contributed by atoms with E-state index in [2.05, 4.69) is 109 Å². The van der Waals surface area contributed by atoms with E-state index in [0.717, 1.165) is 54.7 Å². The Hall–Kier alpha value is -5.41. The van der Waals surface area contributed by atoms with E-state index in [-0.39, 0.29) is 0 Å². The Morgan fingerprint density at radius 1 is 0.425 bits per heavy atom. The molecule has 0 saturated carbocycles. The molecule has 0 unspecified atom stereocenters. The molecular formula is C37H21N3. The highest BCUT2D eigenvalue weighted by molar-refractivity contribution is 6.27. The predicted octanol–water partition coefficient (Wildman–Crippen LogP) is 9.61. The van der Waals surface area contributed by atoms with E-state index in [1.165, 1.54) is 32.3 Å². The first-order valence-corrected chi connectivity index (χ1v) is 13.5. The monoisotopic (exact) mass is 507 g/mol. The summed E-state index contributed by atoms with van der Waals surface area (Å²) in [5, 5.41) is 13.0. The number of hydrogen-bond donors (Lipinski definition) is 0. The summed E-state index contributed by atoms with van der Waals surface area (Å²) >= 11 is 0. The van der Waals surface area contributed by atoms with Gasteiger partial charge in [-0.1, -0.05) is 97.1 Å². The largest absolute Gasteiger partial charge is 0.254 e.